The Morgan fingerprint density at radius 3 is 2.48 bits per heavy atom. The van der Waals surface area contributed by atoms with Gasteiger partial charge in [0.15, 0.2) is 22.2 Å². The van der Waals surface area contributed by atoms with Crippen molar-refractivity contribution in [2.24, 2.45) is 4.99 Å². The van der Waals surface area contributed by atoms with E-state index in [1.54, 1.807) is 43.9 Å². The molecule has 0 N–H and O–H groups in total. The first-order valence-corrected chi connectivity index (χ1v) is 15.3. The second-order valence-corrected chi connectivity index (χ2v) is 11.5. The number of furan rings is 1. The summed E-state index contributed by atoms with van der Waals surface area (Å²) in [6, 6.07) is 17.8. The zero-order chi connectivity index (χ0) is 30.8. The second kappa shape index (κ2) is 12.6. The van der Waals surface area contributed by atoms with Gasteiger partial charge >= 0.3 is 5.97 Å². The Bertz CT molecular complexity index is 1880. The number of hydrogen-bond donors (Lipinski definition) is 0. The minimum absolute atomic E-state index is 0.168. The maximum Gasteiger partial charge on any atom is 0.338 e. The molecule has 1 fully saturated rings. The van der Waals surface area contributed by atoms with Gasteiger partial charge in [0, 0.05) is 43.9 Å². The van der Waals surface area contributed by atoms with Gasteiger partial charge in [0.25, 0.3) is 5.56 Å². The molecule has 0 bridgehead atoms. The molecule has 0 unspecified atom stereocenters. The van der Waals surface area contributed by atoms with Crippen molar-refractivity contribution in [3.05, 3.63) is 103 Å². The Kier molecular flexibility index (Phi) is 8.40. The molecular weight excluding hydrogens is 580 g/mol. The molecule has 1 saturated heterocycles. The van der Waals surface area contributed by atoms with Crippen molar-refractivity contribution in [1.29, 1.82) is 0 Å². The number of rotatable bonds is 8. The molecule has 44 heavy (non-hydrogen) atoms. The van der Waals surface area contributed by atoms with Crippen LogP contribution in [-0.2, 0) is 9.53 Å². The van der Waals surface area contributed by atoms with Crippen LogP contribution in [0.2, 0.25) is 0 Å². The lowest BCUT2D eigenvalue weighted by Gasteiger charge is -2.32. The highest BCUT2D eigenvalue weighted by atomic mass is 32.1. The molecule has 0 radical (unpaired) electrons. The number of anilines is 1. The van der Waals surface area contributed by atoms with Gasteiger partial charge in [-0.1, -0.05) is 47.7 Å². The number of ether oxygens (including phenoxy) is 3. The van der Waals surface area contributed by atoms with E-state index in [1.807, 2.05) is 48.5 Å². The predicted octanol–water partition coefficient (Wildman–Crippen LogP) is 3.30. The van der Waals surface area contributed by atoms with Crippen LogP contribution < -0.4 is 29.3 Å². The molecule has 0 aliphatic carbocycles. The number of likely N-dealkylation sites (N-methyl/N-ethyl adjacent to an activating group) is 1. The normalized spacial score (nSPS) is 17.3. The number of carbonyl (C=O) groups excluding carboxylic acids is 1. The number of hydrogen-bond acceptors (Lipinski definition) is 10. The maximum absolute atomic E-state index is 14.2. The third kappa shape index (κ3) is 5.56. The molecule has 0 amide bonds. The number of carbonyl (C=O) groups is 1. The van der Waals surface area contributed by atoms with Crippen molar-refractivity contribution < 1.29 is 23.4 Å². The van der Waals surface area contributed by atoms with Crippen LogP contribution in [0.25, 0.3) is 11.8 Å². The highest BCUT2D eigenvalue weighted by Crippen LogP contribution is 2.38. The predicted molar refractivity (Wildman–Crippen MR) is 169 cm³/mol. The van der Waals surface area contributed by atoms with E-state index >= 15 is 0 Å². The number of nitrogens with zero attached hydrogens (tertiary/aromatic N) is 4. The molecule has 0 spiro atoms. The van der Waals surface area contributed by atoms with Crippen LogP contribution in [0, 0.1) is 0 Å². The van der Waals surface area contributed by atoms with Gasteiger partial charge < -0.3 is 28.4 Å². The average Bonchev–Trinajstić information content (AvgIpc) is 3.64. The number of thiazole rings is 1. The number of benzene rings is 2. The van der Waals surface area contributed by atoms with E-state index in [1.165, 1.54) is 11.3 Å². The van der Waals surface area contributed by atoms with Crippen molar-refractivity contribution >= 4 is 35.0 Å². The second-order valence-electron chi connectivity index (χ2n) is 10.5. The summed E-state index contributed by atoms with van der Waals surface area (Å²) in [7, 11) is 5.21. The van der Waals surface area contributed by atoms with Crippen LogP contribution in [0.1, 0.15) is 29.9 Å². The molecule has 2 aliphatic heterocycles. The number of fused-ring (bicyclic) bond motifs is 1. The Hall–Kier alpha value is -4.61. The maximum atomic E-state index is 14.2. The summed E-state index contributed by atoms with van der Waals surface area (Å²) in [6.45, 7) is 5.57. The van der Waals surface area contributed by atoms with Crippen molar-refractivity contribution in [1.82, 2.24) is 9.47 Å². The van der Waals surface area contributed by atoms with Gasteiger partial charge in [0.1, 0.15) is 5.76 Å². The number of esters is 1. The van der Waals surface area contributed by atoms with E-state index in [4.69, 9.17) is 23.6 Å². The molecule has 6 rings (SSSR count). The van der Waals surface area contributed by atoms with E-state index in [0.717, 1.165) is 37.6 Å². The molecule has 0 saturated carbocycles. The standard InChI is InChI=1S/C33H34N4O6S/c1-5-42-32(39)28-29(21-9-7-6-8-10-21)34-33-37(30(28)22-11-13-24(40-3)25(19-22)41-4)31(38)26(44-33)20-23-12-14-27(43-23)36-17-15-35(2)16-18-36/h6-14,19-20,30H,5,15-18H2,1-4H3/b26-20+/t30-/m1/s1. The SMILES string of the molecule is CCOC(=O)C1=C(c2ccccc2)N=c2s/c(=C/c3ccc(N4CCN(C)CC4)o3)c(=O)n2[C@@H]1c1ccc(OC)c(OC)c1. The van der Waals surface area contributed by atoms with Crippen molar-refractivity contribution in [3.8, 4) is 11.5 Å². The topological polar surface area (TPSA) is 98.7 Å². The zero-order valence-corrected chi connectivity index (χ0v) is 25.9. The molecule has 2 aromatic carbocycles. The summed E-state index contributed by atoms with van der Waals surface area (Å²) < 4.78 is 24.8. The summed E-state index contributed by atoms with van der Waals surface area (Å²) in [6.07, 6.45) is 1.74. The first-order chi connectivity index (χ1) is 21.4. The number of aromatic nitrogens is 1. The first kappa shape index (κ1) is 29.5. The third-order valence-corrected chi connectivity index (χ3v) is 8.78. The van der Waals surface area contributed by atoms with Gasteiger partial charge in [-0.05, 0) is 37.7 Å². The van der Waals surface area contributed by atoms with Crippen molar-refractivity contribution in [2.45, 2.75) is 13.0 Å². The Morgan fingerprint density at radius 2 is 1.77 bits per heavy atom. The molecule has 2 aliphatic rings. The molecule has 228 valence electrons. The van der Waals surface area contributed by atoms with Crippen LogP contribution >= 0.6 is 11.3 Å². The van der Waals surface area contributed by atoms with Crippen molar-refractivity contribution in [2.75, 3.05) is 59.0 Å². The quantitative estimate of drug-likeness (QED) is 0.279. The van der Waals surface area contributed by atoms with E-state index < -0.39 is 12.0 Å². The number of methoxy groups -OCH3 is 2. The summed E-state index contributed by atoms with van der Waals surface area (Å²) >= 11 is 1.25. The van der Waals surface area contributed by atoms with Crippen LogP contribution in [0.3, 0.4) is 0 Å². The Balaban J connectivity index is 1.54. The van der Waals surface area contributed by atoms with Gasteiger partial charge in [-0.25, -0.2) is 9.79 Å². The molecule has 4 aromatic rings. The number of piperazine rings is 1. The average molecular weight is 615 g/mol. The lowest BCUT2D eigenvalue weighted by atomic mass is 9.93. The molecule has 2 aromatic heterocycles. The van der Waals surface area contributed by atoms with E-state index in [-0.39, 0.29) is 17.7 Å². The minimum atomic E-state index is -0.833. The van der Waals surface area contributed by atoms with Gasteiger partial charge in [0.2, 0.25) is 0 Å². The van der Waals surface area contributed by atoms with Crippen LogP contribution in [0.4, 0.5) is 5.88 Å². The summed E-state index contributed by atoms with van der Waals surface area (Å²) in [4.78, 5) is 37.7. The van der Waals surface area contributed by atoms with Gasteiger partial charge in [-0.3, -0.25) is 9.36 Å². The van der Waals surface area contributed by atoms with Crippen molar-refractivity contribution in [3.63, 3.8) is 0 Å². The lowest BCUT2D eigenvalue weighted by molar-refractivity contribution is -0.138. The zero-order valence-electron chi connectivity index (χ0n) is 25.1. The monoisotopic (exact) mass is 614 g/mol. The highest BCUT2D eigenvalue weighted by Gasteiger charge is 2.35. The van der Waals surface area contributed by atoms with E-state index in [2.05, 4.69) is 16.8 Å². The molecule has 4 heterocycles. The summed E-state index contributed by atoms with van der Waals surface area (Å²) in [5.74, 6) is 1.80. The lowest BCUT2D eigenvalue weighted by Crippen LogP contribution is -2.44. The smallest absolute Gasteiger partial charge is 0.338 e. The van der Waals surface area contributed by atoms with Crippen LogP contribution in [0.5, 0.6) is 11.5 Å². The van der Waals surface area contributed by atoms with Gasteiger partial charge in [-0.2, -0.15) is 0 Å². The summed E-state index contributed by atoms with van der Waals surface area (Å²) in [5, 5.41) is 0. The van der Waals surface area contributed by atoms with E-state index in [9.17, 15) is 9.59 Å². The molecule has 10 nitrogen and oxygen atoms in total. The fourth-order valence-electron chi connectivity index (χ4n) is 5.52. The Morgan fingerprint density at radius 1 is 1.02 bits per heavy atom. The van der Waals surface area contributed by atoms with E-state index in [0.29, 0.717) is 37.9 Å². The van der Waals surface area contributed by atoms with Crippen LogP contribution in [0.15, 0.2) is 80.4 Å². The minimum Gasteiger partial charge on any atom is -0.493 e. The van der Waals surface area contributed by atoms with Crippen LogP contribution in [-0.4, -0.2) is 69.5 Å². The first-order valence-electron chi connectivity index (χ1n) is 14.5. The fourth-order valence-corrected chi connectivity index (χ4v) is 6.51. The highest BCUT2D eigenvalue weighted by molar-refractivity contribution is 7.07. The molecule has 1 atom stereocenters. The molecule has 11 heteroatoms. The third-order valence-electron chi connectivity index (χ3n) is 7.80. The largest absolute Gasteiger partial charge is 0.493 e. The van der Waals surface area contributed by atoms with Gasteiger partial charge in [-0.15, -0.1) is 0 Å². The fraction of sp³-hybridized carbons (Fsp3) is 0.303. The summed E-state index contributed by atoms with van der Waals surface area (Å²) in [5.41, 5.74) is 1.81. The molecular formula is C33H34N4O6S. The Labute approximate surface area is 258 Å². The van der Waals surface area contributed by atoms with Gasteiger partial charge in [0.05, 0.1) is 42.7 Å².